The lowest BCUT2D eigenvalue weighted by Gasteiger charge is -2.37. The molecule has 0 aliphatic carbocycles. The Hall–Kier alpha value is -0.850. The number of ether oxygens (including phenoxy) is 1. The molecule has 2 N–H and O–H groups in total. The highest BCUT2D eigenvalue weighted by molar-refractivity contribution is 5.73. The van der Waals surface area contributed by atoms with Crippen molar-refractivity contribution in [2.45, 2.75) is 38.3 Å². The second-order valence-corrected chi connectivity index (χ2v) is 7.01. The number of hydrogen-bond donors (Lipinski definition) is 2. The average molecular weight is 310 g/mol. The van der Waals surface area contributed by atoms with Crippen molar-refractivity contribution in [1.29, 1.82) is 0 Å². The van der Waals surface area contributed by atoms with Crippen molar-refractivity contribution in [2.24, 2.45) is 5.92 Å². The Bertz CT molecular complexity index is 375. The minimum atomic E-state index is -0.0181. The summed E-state index contributed by atoms with van der Waals surface area (Å²) < 4.78 is 5.54. The van der Waals surface area contributed by atoms with Crippen LogP contribution in [0.5, 0.6) is 0 Å². The van der Waals surface area contributed by atoms with Crippen LogP contribution in [0.4, 0.5) is 4.79 Å². The zero-order chi connectivity index (χ0) is 15.4. The molecule has 4 saturated heterocycles. The lowest BCUT2D eigenvalue weighted by atomic mass is 9.96. The molecule has 0 aromatic rings. The van der Waals surface area contributed by atoms with Crippen LogP contribution in [0.1, 0.15) is 26.2 Å². The summed E-state index contributed by atoms with van der Waals surface area (Å²) in [6.07, 6.45) is 3.68. The second-order valence-electron chi connectivity index (χ2n) is 7.01. The second kappa shape index (κ2) is 7.62. The largest absolute Gasteiger partial charge is 0.378 e. The van der Waals surface area contributed by atoms with E-state index in [-0.39, 0.29) is 6.03 Å². The summed E-state index contributed by atoms with van der Waals surface area (Å²) in [5.74, 6) is 0.554. The van der Waals surface area contributed by atoms with Gasteiger partial charge >= 0.3 is 6.03 Å². The predicted octanol–water partition coefficient (Wildman–Crippen LogP) is 0.491. The van der Waals surface area contributed by atoms with Gasteiger partial charge in [0.05, 0.1) is 6.10 Å². The molecule has 0 aromatic heterocycles. The van der Waals surface area contributed by atoms with Crippen molar-refractivity contribution in [3.63, 3.8) is 0 Å². The first-order chi connectivity index (χ1) is 10.7. The standard InChI is InChI=1S/C16H30N4O2/c1-13-9-14(3-8-22-13)10-17-16(21)18-11-15-12-19-4-2-5-20(15)7-6-19/h13-15H,2-12H2,1H3,(H2,17,18,21). The molecule has 0 radical (unpaired) electrons. The normalized spacial score (nSPS) is 38.3. The fourth-order valence-corrected chi connectivity index (χ4v) is 3.93. The maximum Gasteiger partial charge on any atom is 0.314 e. The molecule has 126 valence electrons. The van der Waals surface area contributed by atoms with Crippen LogP contribution in [-0.2, 0) is 4.74 Å². The van der Waals surface area contributed by atoms with Crippen molar-refractivity contribution < 1.29 is 9.53 Å². The van der Waals surface area contributed by atoms with Crippen LogP contribution >= 0.6 is 0 Å². The van der Waals surface area contributed by atoms with Crippen molar-refractivity contribution in [2.75, 3.05) is 52.4 Å². The van der Waals surface area contributed by atoms with Gasteiger partial charge in [-0.1, -0.05) is 0 Å². The third kappa shape index (κ3) is 4.33. The quantitative estimate of drug-likeness (QED) is 0.793. The van der Waals surface area contributed by atoms with E-state index in [2.05, 4.69) is 27.4 Å². The fraction of sp³-hybridized carbons (Fsp3) is 0.938. The maximum atomic E-state index is 12.0. The number of urea groups is 1. The summed E-state index contributed by atoms with van der Waals surface area (Å²) in [5, 5.41) is 6.10. The minimum absolute atomic E-state index is 0.0181. The van der Waals surface area contributed by atoms with Crippen molar-refractivity contribution in [3.05, 3.63) is 0 Å². The molecular formula is C16H30N4O2. The molecule has 5 atom stereocenters. The maximum absolute atomic E-state index is 12.0. The number of nitrogens with zero attached hydrogens (tertiary/aromatic N) is 2. The number of fused-ring (bicyclic) bond motifs is 4. The molecule has 4 heterocycles. The summed E-state index contributed by atoms with van der Waals surface area (Å²) >= 11 is 0. The van der Waals surface area contributed by atoms with E-state index in [1.807, 2.05) is 0 Å². The van der Waals surface area contributed by atoms with Gasteiger partial charge in [0.15, 0.2) is 0 Å². The van der Waals surface area contributed by atoms with E-state index < -0.39 is 0 Å². The van der Waals surface area contributed by atoms with E-state index in [0.29, 0.717) is 18.1 Å². The van der Waals surface area contributed by atoms with E-state index in [9.17, 15) is 4.79 Å². The lowest BCUT2D eigenvalue weighted by molar-refractivity contribution is 0.00345. The van der Waals surface area contributed by atoms with Crippen molar-refractivity contribution >= 4 is 6.03 Å². The van der Waals surface area contributed by atoms with Gasteiger partial charge in [-0.15, -0.1) is 0 Å². The average Bonchev–Trinajstić information content (AvgIpc) is 2.86. The predicted molar refractivity (Wildman–Crippen MR) is 86.0 cm³/mol. The van der Waals surface area contributed by atoms with Gasteiger partial charge in [0.25, 0.3) is 0 Å². The molecule has 0 spiro atoms. The van der Waals surface area contributed by atoms with E-state index in [1.54, 1.807) is 0 Å². The number of rotatable bonds is 4. The molecule has 5 unspecified atom stereocenters. The monoisotopic (exact) mass is 310 g/mol. The molecule has 4 fully saturated rings. The molecule has 4 aliphatic rings. The smallest absolute Gasteiger partial charge is 0.314 e. The topological polar surface area (TPSA) is 56.8 Å². The number of hydrogen-bond acceptors (Lipinski definition) is 4. The van der Waals surface area contributed by atoms with Crippen LogP contribution in [0.3, 0.4) is 0 Å². The molecule has 6 heteroatoms. The molecular weight excluding hydrogens is 280 g/mol. The van der Waals surface area contributed by atoms with Crippen LogP contribution in [0.25, 0.3) is 0 Å². The highest BCUT2D eigenvalue weighted by atomic mass is 16.5. The molecule has 0 aromatic carbocycles. The Balaban J connectivity index is 1.35. The number of carbonyl (C=O) groups excluding carboxylic acids is 1. The Labute approximate surface area is 133 Å². The molecule has 2 amide bonds. The third-order valence-corrected chi connectivity index (χ3v) is 5.25. The highest BCUT2D eigenvalue weighted by Gasteiger charge is 2.29. The van der Waals surface area contributed by atoms with Crippen LogP contribution in [0.2, 0.25) is 0 Å². The lowest BCUT2D eigenvalue weighted by Crippen LogP contribution is -2.55. The van der Waals surface area contributed by atoms with Gasteiger partial charge in [-0.3, -0.25) is 4.90 Å². The van der Waals surface area contributed by atoms with Gasteiger partial charge in [0.1, 0.15) is 0 Å². The molecule has 0 saturated carbocycles. The van der Waals surface area contributed by atoms with Crippen LogP contribution in [0, 0.1) is 5.92 Å². The summed E-state index contributed by atoms with van der Waals surface area (Å²) in [7, 11) is 0. The molecule has 22 heavy (non-hydrogen) atoms. The Kier molecular flexibility index (Phi) is 5.55. The Morgan fingerprint density at radius 1 is 1.18 bits per heavy atom. The Morgan fingerprint density at radius 3 is 2.91 bits per heavy atom. The van der Waals surface area contributed by atoms with E-state index in [4.69, 9.17) is 4.74 Å². The fourth-order valence-electron chi connectivity index (χ4n) is 3.93. The summed E-state index contributed by atoms with van der Waals surface area (Å²) in [6.45, 7) is 10.3. The molecule has 2 bridgehead atoms. The molecule has 4 rings (SSSR count). The van der Waals surface area contributed by atoms with Crippen LogP contribution in [-0.4, -0.2) is 80.4 Å². The Morgan fingerprint density at radius 2 is 2.05 bits per heavy atom. The third-order valence-electron chi connectivity index (χ3n) is 5.25. The number of carbonyl (C=O) groups is 1. The number of piperazine rings is 1. The van der Waals surface area contributed by atoms with E-state index in [1.165, 1.54) is 26.1 Å². The first-order valence-electron chi connectivity index (χ1n) is 8.80. The zero-order valence-electron chi connectivity index (χ0n) is 13.7. The van der Waals surface area contributed by atoms with Crippen LogP contribution in [0.15, 0.2) is 0 Å². The first kappa shape index (κ1) is 16.0. The van der Waals surface area contributed by atoms with Crippen molar-refractivity contribution in [1.82, 2.24) is 20.4 Å². The molecule has 6 nitrogen and oxygen atoms in total. The van der Waals surface area contributed by atoms with Crippen molar-refractivity contribution in [3.8, 4) is 0 Å². The van der Waals surface area contributed by atoms with Gasteiger partial charge in [-0.05, 0) is 45.2 Å². The summed E-state index contributed by atoms with van der Waals surface area (Å²) in [6, 6.07) is 0.459. The van der Waals surface area contributed by atoms with E-state index >= 15 is 0 Å². The number of amides is 2. The zero-order valence-corrected chi connectivity index (χ0v) is 13.7. The van der Waals surface area contributed by atoms with Gasteiger partial charge in [-0.25, -0.2) is 4.79 Å². The minimum Gasteiger partial charge on any atom is -0.378 e. The van der Waals surface area contributed by atoms with Gasteiger partial charge in [0.2, 0.25) is 0 Å². The van der Waals surface area contributed by atoms with Gasteiger partial charge in [-0.2, -0.15) is 0 Å². The van der Waals surface area contributed by atoms with E-state index in [0.717, 1.165) is 45.6 Å². The van der Waals surface area contributed by atoms with Crippen LogP contribution < -0.4 is 10.6 Å². The van der Waals surface area contributed by atoms with Gasteiger partial charge < -0.3 is 20.3 Å². The summed E-state index contributed by atoms with van der Waals surface area (Å²) in [4.78, 5) is 17.1. The number of nitrogens with one attached hydrogen (secondary N) is 2. The van der Waals surface area contributed by atoms with Gasteiger partial charge in [0, 0.05) is 45.4 Å². The molecule has 4 aliphatic heterocycles. The summed E-state index contributed by atoms with van der Waals surface area (Å²) in [5.41, 5.74) is 0. The first-order valence-corrected chi connectivity index (χ1v) is 8.80. The SMILES string of the molecule is CC1CC(CNC(=O)NCC2CN3CCCN2CC3)CCO1. The highest BCUT2D eigenvalue weighted by Crippen LogP contribution is 2.19.